The number of likely N-dealkylation sites (N-methyl/N-ethyl adjacent to an activating group) is 1. The van der Waals surface area contributed by atoms with Crippen LogP contribution in [0.15, 0.2) is 18.2 Å². The third kappa shape index (κ3) is 2.19. The van der Waals surface area contributed by atoms with E-state index in [4.69, 9.17) is 4.74 Å². The van der Waals surface area contributed by atoms with Crippen molar-refractivity contribution in [3.05, 3.63) is 29.3 Å². The minimum atomic E-state index is 0.282. The van der Waals surface area contributed by atoms with Crippen LogP contribution in [0.5, 0.6) is 5.75 Å². The third-order valence-corrected chi connectivity index (χ3v) is 3.50. The lowest BCUT2D eigenvalue weighted by Gasteiger charge is -2.17. The van der Waals surface area contributed by atoms with E-state index < -0.39 is 0 Å². The van der Waals surface area contributed by atoms with Crippen LogP contribution in [0.25, 0.3) is 0 Å². The van der Waals surface area contributed by atoms with Gasteiger partial charge in [-0.05, 0) is 24.4 Å². The smallest absolute Gasteiger partial charge is 0.128 e. The van der Waals surface area contributed by atoms with Crippen molar-refractivity contribution in [3.63, 3.8) is 0 Å². The molecule has 0 saturated carbocycles. The molecule has 1 heterocycles. The maximum Gasteiger partial charge on any atom is 0.128 e. The first kappa shape index (κ1) is 12.4. The predicted molar refractivity (Wildman–Crippen MR) is 71.7 cm³/mol. The number of hydrogen-bond acceptors (Lipinski definition) is 2. The van der Waals surface area contributed by atoms with Crippen LogP contribution in [0.4, 0.5) is 0 Å². The number of fused-ring (bicyclic) bond motifs is 1. The molecule has 0 fully saturated rings. The summed E-state index contributed by atoms with van der Waals surface area (Å²) in [7, 11) is 0. The molecule has 2 rings (SSSR count). The Bertz CT molecular complexity index is 387. The summed E-state index contributed by atoms with van der Waals surface area (Å²) in [6.07, 6.45) is 1.33. The van der Waals surface area contributed by atoms with Gasteiger partial charge in [0.2, 0.25) is 0 Å². The molecule has 1 N–H and O–H groups in total. The molecule has 0 radical (unpaired) electrons. The van der Waals surface area contributed by atoms with E-state index in [9.17, 15) is 0 Å². The van der Waals surface area contributed by atoms with Gasteiger partial charge in [-0.25, -0.2) is 0 Å². The number of hydrogen-bond donors (Lipinski definition) is 1. The third-order valence-electron chi connectivity index (χ3n) is 3.50. The average molecular weight is 233 g/mol. The van der Waals surface area contributed by atoms with Crippen molar-refractivity contribution in [1.82, 2.24) is 5.32 Å². The van der Waals surface area contributed by atoms with Crippen LogP contribution >= 0.6 is 0 Å². The molecule has 1 aliphatic rings. The predicted octanol–water partition coefficient (Wildman–Crippen LogP) is 3.63. The highest BCUT2D eigenvalue weighted by Crippen LogP contribution is 2.42. The van der Waals surface area contributed by atoms with E-state index in [2.05, 4.69) is 51.2 Å². The van der Waals surface area contributed by atoms with Crippen molar-refractivity contribution in [3.8, 4) is 5.75 Å². The maximum absolute atomic E-state index is 6.15. The molecule has 2 nitrogen and oxygen atoms in total. The van der Waals surface area contributed by atoms with Crippen LogP contribution in [-0.2, 0) is 0 Å². The van der Waals surface area contributed by atoms with Crippen LogP contribution in [0.1, 0.15) is 57.2 Å². The van der Waals surface area contributed by atoms with E-state index in [1.807, 2.05) is 0 Å². The van der Waals surface area contributed by atoms with E-state index in [0.717, 1.165) is 18.7 Å². The Morgan fingerprint density at radius 1 is 1.29 bits per heavy atom. The summed E-state index contributed by atoms with van der Waals surface area (Å²) in [5, 5.41) is 3.54. The summed E-state index contributed by atoms with van der Waals surface area (Å²) in [5.74, 6) is 1.64. The zero-order chi connectivity index (χ0) is 12.4. The summed E-state index contributed by atoms with van der Waals surface area (Å²) in [6.45, 7) is 9.77. The van der Waals surface area contributed by atoms with Crippen LogP contribution in [-0.4, -0.2) is 12.6 Å². The zero-order valence-corrected chi connectivity index (χ0v) is 11.3. The molecule has 0 bridgehead atoms. The molecular weight excluding hydrogens is 210 g/mol. The topological polar surface area (TPSA) is 21.3 Å². The Kier molecular flexibility index (Phi) is 3.72. The van der Waals surface area contributed by atoms with Crippen LogP contribution in [0.3, 0.4) is 0 Å². The van der Waals surface area contributed by atoms with Gasteiger partial charge in [-0.2, -0.15) is 0 Å². The Labute approximate surface area is 104 Å². The maximum atomic E-state index is 6.15. The van der Waals surface area contributed by atoms with Gasteiger partial charge in [0.25, 0.3) is 0 Å². The number of para-hydroxylation sites is 1. The molecule has 0 aromatic heterocycles. The van der Waals surface area contributed by atoms with E-state index in [0.29, 0.717) is 12.0 Å². The van der Waals surface area contributed by atoms with Gasteiger partial charge in [0, 0.05) is 5.56 Å². The SMILES string of the molecule is CCNC1c2cccc(C(C)C)c2OC1CC. The summed E-state index contributed by atoms with van der Waals surface area (Å²) in [5.41, 5.74) is 2.67. The molecule has 0 spiro atoms. The van der Waals surface area contributed by atoms with Gasteiger partial charge in [0.1, 0.15) is 11.9 Å². The number of ether oxygens (including phenoxy) is 1. The molecule has 1 aromatic carbocycles. The van der Waals surface area contributed by atoms with Crippen LogP contribution in [0.2, 0.25) is 0 Å². The quantitative estimate of drug-likeness (QED) is 0.857. The fraction of sp³-hybridized carbons (Fsp3) is 0.600. The number of rotatable bonds is 4. The Morgan fingerprint density at radius 2 is 2.06 bits per heavy atom. The van der Waals surface area contributed by atoms with Crippen molar-refractivity contribution in [2.75, 3.05) is 6.54 Å². The van der Waals surface area contributed by atoms with Gasteiger partial charge in [-0.1, -0.05) is 45.9 Å². The second kappa shape index (κ2) is 5.09. The lowest BCUT2D eigenvalue weighted by molar-refractivity contribution is 0.184. The molecule has 2 heteroatoms. The second-order valence-corrected chi connectivity index (χ2v) is 5.02. The molecule has 0 aliphatic carbocycles. The van der Waals surface area contributed by atoms with Crippen molar-refractivity contribution < 1.29 is 4.74 Å². The molecule has 0 saturated heterocycles. The first-order valence-electron chi connectivity index (χ1n) is 6.71. The summed E-state index contributed by atoms with van der Waals surface area (Å²) < 4.78 is 6.15. The Balaban J connectivity index is 2.39. The first-order chi connectivity index (χ1) is 8.19. The van der Waals surface area contributed by atoms with Crippen molar-refractivity contribution in [2.24, 2.45) is 0 Å². The van der Waals surface area contributed by atoms with E-state index in [1.54, 1.807) is 0 Å². The lowest BCUT2D eigenvalue weighted by Crippen LogP contribution is -2.30. The van der Waals surface area contributed by atoms with Gasteiger partial charge in [-0.3, -0.25) is 0 Å². The highest BCUT2D eigenvalue weighted by atomic mass is 16.5. The fourth-order valence-corrected chi connectivity index (χ4v) is 2.61. The second-order valence-electron chi connectivity index (χ2n) is 5.02. The summed E-state index contributed by atoms with van der Waals surface area (Å²) >= 11 is 0. The normalized spacial score (nSPS) is 22.6. The highest BCUT2D eigenvalue weighted by molar-refractivity contribution is 5.48. The minimum absolute atomic E-state index is 0.282. The van der Waals surface area contributed by atoms with Gasteiger partial charge in [0.05, 0.1) is 6.04 Å². The van der Waals surface area contributed by atoms with E-state index in [-0.39, 0.29) is 6.10 Å². The highest BCUT2D eigenvalue weighted by Gasteiger charge is 2.34. The molecule has 17 heavy (non-hydrogen) atoms. The standard InChI is InChI=1S/C15H23NO/c1-5-13-14(16-6-2)12-9-7-8-11(10(3)4)15(12)17-13/h7-10,13-14,16H,5-6H2,1-4H3. The lowest BCUT2D eigenvalue weighted by atomic mass is 9.96. The van der Waals surface area contributed by atoms with Crippen LogP contribution < -0.4 is 10.1 Å². The number of nitrogens with one attached hydrogen (secondary N) is 1. The summed E-state index contributed by atoms with van der Waals surface area (Å²) in [6, 6.07) is 6.90. The van der Waals surface area contributed by atoms with Gasteiger partial charge in [-0.15, -0.1) is 0 Å². The summed E-state index contributed by atoms with van der Waals surface area (Å²) in [4.78, 5) is 0. The van der Waals surface area contributed by atoms with Crippen LogP contribution in [0, 0.1) is 0 Å². The van der Waals surface area contributed by atoms with E-state index >= 15 is 0 Å². The Morgan fingerprint density at radius 3 is 2.65 bits per heavy atom. The monoisotopic (exact) mass is 233 g/mol. The minimum Gasteiger partial charge on any atom is -0.488 e. The fourth-order valence-electron chi connectivity index (χ4n) is 2.61. The largest absolute Gasteiger partial charge is 0.488 e. The van der Waals surface area contributed by atoms with Crippen molar-refractivity contribution in [2.45, 2.75) is 52.2 Å². The number of benzene rings is 1. The first-order valence-corrected chi connectivity index (χ1v) is 6.71. The molecule has 2 atom stereocenters. The molecular formula is C15H23NO. The Hall–Kier alpha value is -1.02. The van der Waals surface area contributed by atoms with Gasteiger partial charge in [0.15, 0.2) is 0 Å². The van der Waals surface area contributed by atoms with Gasteiger partial charge < -0.3 is 10.1 Å². The van der Waals surface area contributed by atoms with Crippen molar-refractivity contribution >= 4 is 0 Å². The van der Waals surface area contributed by atoms with Gasteiger partial charge >= 0.3 is 0 Å². The zero-order valence-electron chi connectivity index (χ0n) is 11.3. The molecule has 2 unspecified atom stereocenters. The average Bonchev–Trinajstić information content (AvgIpc) is 2.67. The van der Waals surface area contributed by atoms with Crippen molar-refractivity contribution in [1.29, 1.82) is 0 Å². The molecule has 1 aliphatic heterocycles. The molecule has 0 amide bonds. The van der Waals surface area contributed by atoms with E-state index in [1.165, 1.54) is 11.1 Å². The molecule has 94 valence electrons. The molecule has 1 aromatic rings.